The zero-order valence-electron chi connectivity index (χ0n) is 14.5. The van der Waals surface area contributed by atoms with Crippen LogP contribution in [0.3, 0.4) is 0 Å². The van der Waals surface area contributed by atoms with Crippen LogP contribution in [0, 0.1) is 0 Å². The smallest absolute Gasteiger partial charge is 0.221 e. The zero-order chi connectivity index (χ0) is 18.7. The lowest BCUT2D eigenvalue weighted by atomic mass is 10.1. The number of H-pyrrole nitrogens is 1. The van der Waals surface area contributed by atoms with E-state index in [2.05, 4.69) is 9.97 Å². The van der Waals surface area contributed by atoms with Gasteiger partial charge >= 0.3 is 0 Å². The maximum Gasteiger partial charge on any atom is 0.221 e. The zero-order valence-corrected chi connectivity index (χ0v) is 14.5. The van der Waals surface area contributed by atoms with Crippen molar-refractivity contribution in [3.05, 3.63) is 53.6 Å². The Hall–Kier alpha value is -3.35. The Labute approximate surface area is 149 Å². The lowest BCUT2D eigenvalue weighted by molar-refractivity contribution is 0.101. The van der Waals surface area contributed by atoms with Crippen molar-refractivity contribution in [3.63, 3.8) is 0 Å². The number of ether oxygens (including phenoxy) is 3. The summed E-state index contributed by atoms with van der Waals surface area (Å²) < 4.78 is 30.2. The van der Waals surface area contributed by atoms with Crippen LogP contribution in [0.25, 0.3) is 17.1 Å². The third-order valence-corrected chi connectivity index (χ3v) is 3.89. The first kappa shape index (κ1) is 17.5. The second kappa shape index (κ2) is 7.26. The van der Waals surface area contributed by atoms with Crippen LogP contribution < -0.4 is 14.2 Å². The normalized spacial score (nSPS) is 11.5. The van der Waals surface area contributed by atoms with Gasteiger partial charge < -0.3 is 19.2 Å². The predicted molar refractivity (Wildman–Crippen MR) is 95.6 cm³/mol. The van der Waals surface area contributed by atoms with E-state index in [0.29, 0.717) is 16.8 Å². The molecule has 26 heavy (non-hydrogen) atoms. The van der Waals surface area contributed by atoms with Crippen molar-refractivity contribution in [2.75, 3.05) is 21.3 Å². The molecule has 0 aliphatic heterocycles. The molecule has 134 valence electrons. The molecule has 0 unspecified atom stereocenters. The van der Waals surface area contributed by atoms with E-state index in [1.54, 1.807) is 18.5 Å². The Balaban J connectivity index is 2.00. The minimum Gasteiger partial charge on any atom is -0.493 e. The standard InChI is InChI=1S/C19H17FN2O4/c1-24-15-8-11(9-16(25-2)19(15)26-3)18(23)13(20)7-12-10-22-14-5-4-6-21-17(12)14/h4-10,22H,1-3H3/b13-7-. The molecule has 0 bridgehead atoms. The van der Waals surface area contributed by atoms with Crippen LogP contribution in [0.2, 0.25) is 0 Å². The molecule has 0 saturated heterocycles. The maximum atomic E-state index is 14.6. The number of nitrogens with one attached hydrogen (secondary N) is 1. The van der Waals surface area contributed by atoms with Crippen LogP contribution in [-0.2, 0) is 0 Å². The molecule has 2 aromatic heterocycles. The average molecular weight is 356 g/mol. The number of allylic oxidation sites excluding steroid dienone is 1. The summed E-state index contributed by atoms with van der Waals surface area (Å²) in [6.45, 7) is 0. The van der Waals surface area contributed by atoms with Crippen LogP contribution in [0.4, 0.5) is 4.39 Å². The average Bonchev–Trinajstić information content (AvgIpc) is 3.09. The number of carbonyl (C=O) groups is 1. The van der Waals surface area contributed by atoms with Gasteiger partial charge in [0.25, 0.3) is 0 Å². The third kappa shape index (κ3) is 3.11. The maximum absolute atomic E-state index is 14.6. The highest BCUT2D eigenvalue weighted by atomic mass is 19.1. The number of aromatic nitrogens is 2. The SMILES string of the molecule is COc1cc(C(=O)/C(F)=C/c2c[nH]c3cccnc23)cc(OC)c1OC. The van der Waals surface area contributed by atoms with Gasteiger partial charge in [-0.3, -0.25) is 9.78 Å². The summed E-state index contributed by atoms with van der Waals surface area (Å²) in [7, 11) is 4.30. The molecule has 1 aromatic carbocycles. The van der Waals surface area contributed by atoms with Gasteiger partial charge in [-0.15, -0.1) is 0 Å². The number of halogens is 1. The number of methoxy groups -OCH3 is 3. The largest absolute Gasteiger partial charge is 0.493 e. The summed E-state index contributed by atoms with van der Waals surface area (Å²) in [4.78, 5) is 19.7. The monoisotopic (exact) mass is 356 g/mol. The van der Waals surface area contributed by atoms with Crippen molar-refractivity contribution < 1.29 is 23.4 Å². The minimum atomic E-state index is -0.925. The highest BCUT2D eigenvalue weighted by Crippen LogP contribution is 2.38. The minimum absolute atomic E-state index is 0.0843. The Morgan fingerprint density at radius 1 is 1.15 bits per heavy atom. The van der Waals surface area contributed by atoms with E-state index in [9.17, 15) is 9.18 Å². The number of carbonyl (C=O) groups excluding carboxylic acids is 1. The highest BCUT2D eigenvalue weighted by Gasteiger charge is 2.20. The van der Waals surface area contributed by atoms with Crippen LogP contribution in [0.1, 0.15) is 15.9 Å². The third-order valence-electron chi connectivity index (χ3n) is 3.89. The number of benzene rings is 1. The number of ketones is 1. The molecule has 7 heteroatoms. The van der Waals surface area contributed by atoms with E-state index in [1.807, 2.05) is 6.07 Å². The summed E-state index contributed by atoms with van der Waals surface area (Å²) in [6.07, 6.45) is 4.35. The van der Waals surface area contributed by atoms with Crippen molar-refractivity contribution >= 4 is 22.9 Å². The summed E-state index contributed by atoms with van der Waals surface area (Å²) in [5.74, 6) is -0.842. The molecule has 0 spiro atoms. The number of fused-ring (bicyclic) bond motifs is 1. The van der Waals surface area contributed by atoms with Crippen molar-refractivity contribution in [2.45, 2.75) is 0 Å². The Morgan fingerprint density at radius 2 is 1.85 bits per heavy atom. The van der Waals surface area contributed by atoms with Gasteiger partial charge in [-0.05, 0) is 30.3 Å². The molecular formula is C19H17FN2O4. The Morgan fingerprint density at radius 3 is 2.46 bits per heavy atom. The van der Waals surface area contributed by atoms with Gasteiger partial charge in [0.05, 0.1) is 32.4 Å². The molecule has 3 aromatic rings. The number of rotatable bonds is 6. The van der Waals surface area contributed by atoms with Gasteiger partial charge in [-0.1, -0.05) is 0 Å². The number of nitrogens with zero attached hydrogens (tertiary/aromatic N) is 1. The fourth-order valence-corrected chi connectivity index (χ4v) is 2.64. The molecule has 3 rings (SSSR count). The number of aromatic amines is 1. The van der Waals surface area contributed by atoms with Gasteiger partial charge in [0, 0.05) is 23.5 Å². The van der Waals surface area contributed by atoms with Gasteiger partial charge in [-0.25, -0.2) is 4.39 Å². The molecule has 0 saturated carbocycles. The van der Waals surface area contributed by atoms with E-state index in [1.165, 1.54) is 33.5 Å². The summed E-state index contributed by atoms with van der Waals surface area (Å²) in [6, 6.07) is 6.40. The quantitative estimate of drug-likeness (QED) is 0.537. The first-order valence-electron chi connectivity index (χ1n) is 7.73. The fraction of sp³-hybridized carbons (Fsp3) is 0.158. The molecule has 0 amide bonds. The fourth-order valence-electron chi connectivity index (χ4n) is 2.64. The van der Waals surface area contributed by atoms with Crippen LogP contribution >= 0.6 is 0 Å². The van der Waals surface area contributed by atoms with Gasteiger partial charge in [0.1, 0.15) is 0 Å². The second-order valence-electron chi connectivity index (χ2n) is 5.38. The van der Waals surface area contributed by atoms with E-state index in [0.717, 1.165) is 11.6 Å². The number of pyridine rings is 1. The van der Waals surface area contributed by atoms with E-state index in [-0.39, 0.29) is 17.1 Å². The lowest BCUT2D eigenvalue weighted by Crippen LogP contribution is -2.03. The number of Topliss-reactive ketones (excluding diaryl/α,β-unsaturated/α-hetero) is 1. The van der Waals surface area contributed by atoms with Gasteiger partial charge in [0.15, 0.2) is 17.3 Å². The van der Waals surface area contributed by atoms with E-state index >= 15 is 0 Å². The molecule has 0 aliphatic rings. The molecular weight excluding hydrogens is 339 g/mol. The van der Waals surface area contributed by atoms with Crippen molar-refractivity contribution in [2.24, 2.45) is 0 Å². The Bertz CT molecular complexity index is 969. The van der Waals surface area contributed by atoms with Crippen molar-refractivity contribution in [1.29, 1.82) is 0 Å². The number of hydrogen-bond acceptors (Lipinski definition) is 5. The number of hydrogen-bond donors (Lipinski definition) is 1. The first-order valence-corrected chi connectivity index (χ1v) is 7.73. The second-order valence-corrected chi connectivity index (χ2v) is 5.38. The molecule has 2 heterocycles. The highest BCUT2D eigenvalue weighted by molar-refractivity contribution is 6.11. The molecule has 0 fully saturated rings. The van der Waals surface area contributed by atoms with Gasteiger partial charge in [-0.2, -0.15) is 0 Å². The van der Waals surface area contributed by atoms with Crippen LogP contribution in [0.5, 0.6) is 17.2 Å². The molecule has 1 N–H and O–H groups in total. The molecule has 0 aliphatic carbocycles. The van der Waals surface area contributed by atoms with E-state index < -0.39 is 11.6 Å². The summed E-state index contributed by atoms with van der Waals surface area (Å²) in [5, 5.41) is 0. The van der Waals surface area contributed by atoms with Crippen molar-refractivity contribution in [3.8, 4) is 17.2 Å². The van der Waals surface area contributed by atoms with Crippen LogP contribution in [-0.4, -0.2) is 37.1 Å². The van der Waals surface area contributed by atoms with E-state index in [4.69, 9.17) is 14.2 Å². The predicted octanol–water partition coefficient (Wildman–Crippen LogP) is 3.78. The molecule has 0 radical (unpaired) electrons. The topological polar surface area (TPSA) is 73.4 Å². The molecule has 6 nitrogen and oxygen atoms in total. The van der Waals surface area contributed by atoms with Gasteiger partial charge in [0.2, 0.25) is 11.5 Å². The van der Waals surface area contributed by atoms with Crippen molar-refractivity contribution in [1.82, 2.24) is 9.97 Å². The van der Waals surface area contributed by atoms with Crippen LogP contribution in [0.15, 0.2) is 42.5 Å². The first-order chi connectivity index (χ1) is 12.6. The lowest BCUT2D eigenvalue weighted by Gasteiger charge is -2.13. The Kier molecular flexibility index (Phi) is 4.88. The summed E-state index contributed by atoms with van der Waals surface area (Å²) in [5.41, 5.74) is 1.91. The molecule has 0 atom stereocenters. The summed E-state index contributed by atoms with van der Waals surface area (Å²) >= 11 is 0.